The third-order valence-corrected chi connectivity index (χ3v) is 3.20. The first-order valence-corrected chi connectivity index (χ1v) is 6.11. The van der Waals surface area contributed by atoms with Gasteiger partial charge in [-0.05, 0) is 34.1 Å². The van der Waals surface area contributed by atoms with E-state index >= 15 is 0 Å². The highest BCUT2D eigenvalue weighted by atomic mass is 79.9. The fraction of sp³-hybridized carbons (Fsp3) is 0. The zero-order chi connectivity index (χ0) is 13.1. The summed E-state index contributed by atoms with van der Waals surface area (Å²) in [4.78, 5) is 15.8. The Hall–Kier alpha value is -1.46. The third-order valence-electron chi connectivity index (χ3n) is 2.21. The molecule has 0 unspecified atom stereocenters. The Balaban J connectivity index is 2.31. The minimum absolute atomic E-state index is 0.0718. The minimum Gasteiger partial charge on any atom is -0.319 e. The maximum Gasteiger partial charge on any atom is 0.259 e. The quantitative estimate of drug-likeness (QED) is 0.908. The summed E-state index contributed by atoms with van der Waals surface area (Å²) in [5.41, 5.74) is 0.261. The van der Waals surface area contributed by atoms with Crippen LogP contribution < -0.4 is 5.32 Å². The first-order valence-electron chi connectivity index (χ1n) is 4.94. The molecule has 1 amide bonds. The molecule has 1 aromatic carbocycles. The number of hydrogen-bond acceptors (Lipinski definition) is 2. The lowest BCUT2D eigenvalue weighted by Gasteiger charge is -2.08. The number of benzene rings is 1. The number of carbonyl (C=O) groups excluding carboxylic acids is 1. The third kappa shape index (κ3) is 2.68. The summed E-state index contributed by atoms with van der Waals surface area (Å²) in [5.74, 6) is -1.20. The lowest BCUT2D eigenvalue weighted by atomic mass is 10.2. The van der Waals surface area contributed by atoms with Crippen LogP contribution in [0.1, 0.15) is 10.4 Å². The average molecular weight is 330 g/mol. The number of rotatable bonds is 2. The van der Waals surface area contributed by atoms with Crippen molar-refractivity contribution in [3.8, 4) is 0 Å². The molecule has 0 bridgehead atoms. The second-order valence-electron chi connectivity index (χ2n) is 3.41. The van der Waals surface area contributed by atoms with Gasteiger partial charge in [0.1, 0.15) is 5.82 Å². The Labute approximate surface area is 116 Å². The van der Waals surface area contributed by atoms with Crippen LogP contribution >= 0.6 is 27.5 Å². The van der Waals surface area contributed by atoms with Gasteiger partial charge in [-0.3, -0.25) is 9.78 Å². The molecule has 0 aliphatic rings. The molecule has 2 aromatic rings. The van der Waals surface area contributed by atoms with Crippen LogP contribution in [0.15, 0.2) is 41.1 Å². The molecule has 2 rings (SSSR count). The van der Waals surface area contributed by atoms with Crippen LogP contribution in [-0.2, 0) is 0 Å². The lowest BCUT2D eigenvalue weighted by Crippen LogP contribution is -2.15. The normalized spacial score (nSPS) is 10.2. The van der Waals surface area contributed by atoms with Crippen LogP contribution in [0, 0.1) is 5.82 Å². The summed E-state index contributed by atoms with van der Waals surface area (Å²) < 4.78 is 13.9. The van der Waals surface area contributed by atoms with Crippen molar-refractivity contribution in [3.63, 3.8) is 0 Å². The maximum absolute atomic E-state index is 13.6. The molecular formula is C12H7BrClFN2O. The number of nitrogens with one attached hydrogen (secondary N) is 1. The summed E-state index contributed by atoms with van der Waals surface area (Å²) in [7, 11) is 0. The molecule has 1 N–H and O–H groups in total. The van der Waals surface area contributed by atoms with Crippen LogP contribution in [0.4, 0.5) is 10.1 Å². The molecule has 0 aliphatic carbocycles. The van der Waals surface area contributed by atoms with E-state index < -0.39 is 11.7 Å². The van der Waals surface area contributed by atoms with Crippen LogP contribution in [0.2, 0.25) is 5.02 Å². The highest BCUT2D eigenvalue weighted by molar-refractivity contribution is 9.10. The molecule has 3 nitrogen and oxygen atoms in total. The number of halogens is 3. The number of nitrogens with zero attached hydrogens (tertiary/aromatic N) is 1. The highest BCUT2D eigenvalue weighted by Crippen LogP contribution is 2.23. The van der Waals surface area contributed by atoms with Gasteiger partial charge in [-0.2, -0.15) is 0 Å². The number of pyridine rings is 1. The zero-order valence-electron chi connectivity index (χ0n) is 8.95. The van der Waals surface area contributed by atoms with E-state index in [0.29, 0.717) is 15.2 Å². The van der Waals surface area contributed by atoms with Crippen molar-refractivity contribution in [1.82, 2.24) is 4.98 Å². The van der Waals surface area contributed by atoms with Gasteiger partial charge in [0.15, 0.2) is 0 Å². The van der Waals surface area contributed by atoms with Crippen molar-refractivity contribution in [1.29, 1.82) is 0 Å². The standard InChI is InChI=1S/C12H7BrClFN2O/c13-7-2-1-3-9(15)11(7)12(18)17-10-6-16-5-4-8(10)14/h1-6H,(H,17,18). The fourth-order valence-electron chi connectivity index (χ4n) is 1.37. The Morgan fingerprint density at radius 1 is 1.39 bits per heavy atom. The highest BCUT2D eigenvalue weighted by Gasteiger charge is 2.16. The minimum atomic E-state index is -0.609. The molecule has 0 saturated heterocycles. The molecule has 0 aliphatic heterocycles. The van der Waals surface area contributed by atoms with E-state index in [4.69, 9.17) is 11.6 Å². The number of amides is 1. The first-order chi connectivity index (χ1) is 8.59. The summed E-state index contributed by atoms with van der Waals surface area (Å²) in [5, 5.41) is 2.84. The first kappa shape index (κ1) is 13.0. The van der Waals surface area contributed by atoms with Crippen molar-refractivity contribution in [2.75, 3.05) is 5.32 Å². The van der Waals surface area contributed by atoms with Gasteiger partial charge < -0.3 is 5.32 Å². The molecule has 0 spiro atoms. The van der Waals surface area contributed by atoms with Crippen molar-refractivity contribution < 1.29 is 9.18 Å². The molecule has 0 radical (unpaired) electrons. The Morgan fingerprint density at radius 2 is 2.17 bits per heavy atom. The van der Waals surface area contributed by atoms with E-state index in [2.05, 4.69) is 26.2 Å². The molecule has 1 aromatic heterocycles. The average Bonchev–Trinajstić information content (AvgIpc) is 2.32. The van der Waals surface area contributed by atoms with Gasteiger partial charge in [0.2, 0.25) is 0 Å². The summed E-state index contributed by atoms with van der Waals surface area (Å²) in [6, 6.07) is 5.84. The van der Waals surface area contributed by atoms with Gasteiger partial charge >= 0.3 is 0 Å². The Morgan fingerprint density at radius 3 is 2.83 bits per heavy atom. The Kier molecular flexibility index (Phi) is 3.93. The van der Waals surface area contributed by atoms with E-state index in [1.165, 1.54) is 30.6 Å². The molecule has 6 heteroatoms. The monoisotopic (exact) mass is 328 g/mol. The number of aromatic nitrogens is 1. The van der Waals surface area contributed by atoms with Crippen LogP contribution in [-0.4, -0.2) is 10.9 Å². The predicted molar refractivity (Wildman–Crippen MR) is 71.3 cm³/mol. The van der Waals surface area contributed by atoms with Crippen LogP contribution in [0.5, 0.6) is 0 Å². The topological polar surface area (TPSA) is 42.0 Å². The predicted octanol–water partition coefficient (Wildman–Crippen LogP) is 3.89. The zero-order valence-corrected chi connectivity index (χ0v) is 11.3. The molecule has 0 fully saturated rings. The largest absolute Gasteiger partial charge is 0.319 e. The van der Waals surface area contributed by atoms with Gasteiger partial charge in [0.05, 0.1) is 22.5 Å². The second-order valence-corrected chi connectivity index (χ2v) is 4.67. The van der Waals surface area contributed by atoms with Crippen molar-refractivity contribution >= 4 is 39.1 Å². The number of hydrogen-bond donors (Lipinski definition) is 1. The number of anilines is 1. The van der Waals surface area contributed by atoms with Crippen molar-refractivity contribution in [2.24, 2.45) is 0 Å². The second kappa shape index (κ2) is 5.46. The summed E-state index contributed by atoms with van der Waals surface area (Å²) in [6.07, 6.45) is 2.89. The molecular weight excluding hydrogens is 322 g/mol. The van der Waals surface area contributed by atoms with E-state index in [1.54, 1.807) is 6.07 Å². The maximum atomic E-state index is 13.6. The van der Waals surface area contributed by atoms with Crippen molar-refractivity contribution in [2.45, 2.75) is 0 Å². The molecule has 18 heavy (non-hydrogen) atoms. The van der Waals surface area contributed by atoms with E-state index in [1.807, 2.05) is 0 Å². The van der Waals surface area contributed by atoms with E-state index in [-0.39, 0.29) is 5.56 Å². The van der Waals surface area contributed by atoms with Gasteiger partial charge in [0, 0.05) is 10.7 Å². The SMILES string of the molecule is O=C(Nc1cnccc1Cl)c1c(F)cccc1Br. The van der Waals surface area contributed by atoms with Gasteiger partial charge in [-0.15, -0.1) is 0 Å². The summed E-state index contributed by atoms with van der Waals surface area (Å²) >= 11 is 9.01. The molecule has 0 atom stereocenters. The molecule has 1 heterocycles. The van der Waals surface area contributed by atoms with E-state index in [0.717, 1.165) is 0 Å². The number of carbonyl (C=O) groups is 1. The smallest absolute Gasteiger partial charge is 0.259 e. The van der Waals surface area contributed by atoms with E-state index in [9.17, 15) is 9.18 Å². The fourth-order valence-corrected chi connectivity index (χ4v) is 2.04. The van der Waals surface area contributed by atoms with Gasteiger partial charge in [-0.25, -0.2) is 4.39 Å². The molecule has 92 valence electrons. The van der Waals surface area contributed by atoms with Crippen LogP contribution in [0.3, 0.4) is 0 Å². The molecule has 0 saturated carbocycles. The summed E-state index contributed by atoms with van der Waals surface area (Å²) in [6.45, 7) is 0. The van der Waals surface area contributed by atoms with Gasteiger partial charge in [0.25, 0.3) is 5.91 Å². The van der Waals surface area contributed by atoms with Gasteiger partial charge in [-0.1, -0.05) is 17.7 Å². The Bertz CT molecular complexity index is 586. The lowest BCUT2D eigenvalue weighted by molar-refractivity contribution is 0.102. The van der Waals surface area contributed by atoms with Crippen molar-refractivity contribution in [3.05, 3.63) is 57.5 Å². The van der Waals surface area contributed by atoms with Crippen LogP contribution in [0.25, 0.3) is 0 Å².